The Balaban J connectivity index is 1.33. The summed E-state index contributed by atoms with van der Waals surface area (Å²) < 4.78 is 18.6. The SMILES string of the molecule is CO[C@@H]1CC(O)[C@H](O)C(Cn2cc(C(C)(C)OCCC(C)(C)NC(=O)/C(C#N)=C/c3ccc4cc(N(C)C)ccc4c3)nn2)O1. The van der Waals surface area contributed by atoms with Crippen molar-refractivity contribution in [1.82, 2.24) is 20.3 Å². The highest BCUT2D eigenvalue weighted by molar-refractivity contribution is 6.02. The number of ether oxygens (including phenoxy) is 3. The minimum Gasteiger partial charge on any atom is -0.390 e. The monoisotopic (exact) mass is 620 g/mol. The van der Waals surface area contributed by atoms with Crippen LogP contribution >= 0.6 is 0 Å². The van der Waals surface area contributed by atoms with E-state index >= 15 is 0 Å². The summed E-state index contributed by atoms with van der Waals surface area (Å²) in [5.41, 5.74) is 0.974. The normalized spacial score (nSPS) is 21.0. The van der Waals surface area contributed by atoms with Gasteiger partial charge < -0.3 is 34.6 Å². The van der Waals surface area contributed by atoms with Crippen molar-refractivity contribution in [3.8, 4) is 6.07 Å². The van der Waals surface area contributed by atoms with Gasteiger partial charge in [0, 0.05) is 38.9 Å². The number of aliphatic hydroxyl groups is 2. The largest absolute Gasteiger partial charge is 0.390 e. The fourth-order valence-electron chi connectivity index (χ4n) is 5.07. The first-order chi connectivity index (χ1) is 21.2. The molecular formula is C33H44N6O6. The number of methoxy groups -OCH3 is 1. The molecule has 0 saturated carbocycles. The Hall–Kier alpha value is -3.86. The van der Waals surface area contributed by atoms with Crippen molar-refractivity contribution < 1.29 is 29.2 Å². The summed E-state index contributed by atoms with van der Waals surface area (Å²) in [6.07, 6.45) is 0.594. The highest BCUT2D eigenvalue weighted by Gasteiger charge is 2.37. The van der Waals surface area contributed by atoms with E-state index in [0.717, 1.165) is 22.0 Å². The van der Waals surface area contributed by atoms with Gasteiger partial charge in [-0.3, -0.25) is 4.79 Å². The van der Waals surface area contributed by atoms with Crippen LogP contribution in [0.25, 0.3) is 16.8 Å². The van der Waals surface area contributed by atoms with Gasteiger partial charge >= 0.3 is 0 Å². The summed E-state index contributed by atoms with van der Waals surface area (Å²) in [5, 5.41) is 43.7. The van der Waals surface area contributed by atoms with Crippen molar-refractivity contribution in [2.45, 2.75) is 82.8 Å². The molecule has 1 aliphatic rings. The number of hydrogen-bond donors (Lipinski definition) is 3. The molecule has 4 rings (SSSR count). The third-order valence-electron chi connectivity index (χ3n) is 8.00. The number of aliphatic hydroxyl groups excluding tert-OH is 2. The number of aromatic nitrogens is 3. The second-order valence-electron chi connectivity index (χ2n) is 12.8. The van der Waals surface area contributed by atoms with E-state index in [1.807, 2.05) is 83.1 Å². The molecule has 0 aliphatic carbocycles. The molecule has 3 N–H and O–H groups in total. The van der Waals surface area contributed by atoms with E-state index < -0.39 is 41.6 Å². The number of carbonyl (C=O) groups excluding carboxylic acids is 1. The summed E-state index contributed by atoms with van der Waals surface area (Å²) in [7, 11) is 5.47. The van der Waals surface area contributed by atoms with Gasteiger partial charge in [-0.2, -0.15) is 5.26 Å². The molecule has 1 fully saturated rings. The van der Waals surface area contributed by atoms with Gasteiger partial charge in [0.1, 0.15) is 35.1 Å². The number of nitrogens with zero attached hydrogens (tertiary/aromatic N) is 5. The smallest absolute Gasteiger partial charge is 0.262 e. The molecule has 242 valence electrons. The zero-order chi connectivity index (χ0) is 32.9. The summed E-state index contributed by atoms with van der Waals surface area (Å²) in [5.74, 6) is -0.458. The van der Waals surface area contributed by atoms with E-state index in [4.69, 9.17) is 14.2 Å². The van der Waals surface area contributed by atoms with Gasteiger partial charge in [-0.15, -0.1) is 5.10 Å². The van der Waals surface area contributed by atoms with Crippen LogP contribution in [0.1, 0.15) is 51.8 Å². The van der Waals surface area contributed by atoms with Crippen molar-refractivity contribution >= 4 is 28.4 Å². The molecule has 2 heterocycles. The van der Waals surface area contributed by atoms with Gasteiger partial charge in [-0.1, -0.05) is 23.4 Å². The standard InChI is InChI=1S/C33H44N6O6/c1-32(2,35-31(42)24(18-34)15-21-8-9-23-16-25(38(5)6)11-10-22(23)14-21)12-13-44-33(3,4)28-20-39(37-36-28)19-27-30(41)26(40)17-29(43-7)45-27/h8-11,14-16,20,26-27,29-30,40-41H,12-13,17,19H2,1-7H3,(H,35,42)/b24-15+/t26?,27?,29-,30-/m0/s1. The number of nitrogens with one attached hydrogen (secondary N) is 1. The molecule has 0 bridgehead atoms. The van der Waals surface area contributed by atoms with Crippen molar-refractivity contribution in [3.63, 3.8) is 0 Å². The highest BCUT2D eigenvalue weighted by atomic mass is 16.7. The maximum atomic E-state index is 13.1. The van der Waals surface area contributed by atoms with Gasteiger partial charge in [0.05, 0.1) is 25.5 Å². The Bertz CT molecular complexity index is 1560. The Labute approximate surface area is 264 Å². The molecule has 1 saturated heterocycles. The van der Waals surface area contributed by atoms with Crippen molar-refractivity contribution in [2.75, 3.05) is 32.7 Å². The second kappa shape index (κ2) is 14.1. The lowest BCUT2D eigenvalue weighted by Crippen LogP contribution is -2.50. The molecule has 1 aromatic heterocycles. The number of anilines is 1. The van der Waals surface area contributed by atoms with Crippen molar-refractivity contribution in [2.24, 2.45) is 0 Å². The molecule has 1 amide bonds. The van der Waals surface area contributed by atoms with E-state index in [1.54, 1.807) is 12.3 Å². The minimum absolute atomic E-state index is 0.0154. The summed E-state index contributed by atoms with van der Waals surface area (Å²) in [6, 6.07) is 14.0. The summed E-state index contributed by atoms with van der Waals surface area (Å²) in [4.78, 5) is 15.1. The molecule has 12 heteroatoms. The Morgan fingerprint density at radius 2 is 1.91 bits per heavy atom. The lowest BCUT2D eigenvalue weighted by Gasteiger charge is -2.36. The van der Waals surface area contributed by atoms with Crippen LogP contribution in [0.2, 0.25) is 0 Å². The van der Waals surface area contributed by atoms with Crippen LogP contribution in [0.5, 0.6) is 0 Å². The number of rotatable bonds is 12. The van der Waals surface area contributed by atoms with E-state index in [1.165, 1.54) is 11.8 Å². The van der Waals surface area contributed by atoms with E-state index in [9.17, 15) is 20.3 Å². The molecule has 12 nitrogen and oxygen atoms in total. The number of nitriles is 1. The Kier molecular flexibility index (Phi) is 10.6. The number of carbonyl (C=O) groups is 1. The summed E-state index contributed by atoms with van der Waals surface area (Å²) >= 11 is 0. The van der Waals surface area contributed by atoms with Crippen LogP contribution in [0.3, 0.4) is 0 Å². The third kappa shape index (κ3) is 8.65. The first-order valence-electron chi connectivity index (χ1n) is 15.0. The van der Waals surface area contributed by atoms with Gasteiger partial charge in [0.2, 0.25) is 0 Å². The maximum Gasteiger partial charge on any atom is 0.262 e. The third-order valence-corrected chi connectivity index (χ3v) is 8.00. The predicted octanol–water partition coefficient (Wildman–Crippen LogP) is 3.12. The van der Waals surface area contributed by atoms with Gasteiger partial charge in [-0.25, -0.2) is 4.68 Å². The number of amides is 1. The molecule has 45 heavy (non-hydrogen) atoms. The van der Waals surface area contributed by atoms with E-state index in [2.05, 4.69) is 21.7 Å². The highest BCUT2D eigenvalue weighted by Crippen LogP contribution is 2.26. The maximum absolute atomic E-state index is 13.1. The molecule has 0 radical (unpaired) electrons. The molecule has 2 aromatic carbocycles. The van der Waals surface area contributed by atoms with Crippen LogP contribution in [-0.4, -0.2) is 89.1 Å². The van der Waals surface area contributed by atoms with Crippen LogP contribution in [-0.2, 0) is 31.2 Å². The van der Waals surface area contributed by atoms with Crippen molar-refractivity contribution in [3.05, 3.63) is 59.4 Å². The number of fused-ring (bicyclic) bond motifs is 1. The van der Waals surface area contributed by atoms with Crippen molar-refractivity contribution in [1.29, 1.82) is 5.26 Å². The zero-order valence-corrected chi connectivity index (χ0v) is 27.0. The quantitative estimate of drug-likeness (QED) is 0.203. The average Bonchev–Trinajstić information content (AvgIpc) is 3.46. The average molecular weight is 621 g/mol. The predicted molar refractivity (Wildman–Crippen MR) is 170 cm³/mol. The lowest BCUT2D eigenvalue weighted by molar-refractivity contribution is -0.245. The zero-order valence-electron chi connectivity index (χ0n) is 27.0. The van der Waals surface area contributed by atoms with Crippen LogP contribution in [0.15, 0.2) is 48.2 Å². The van der Waals surface area contributed by atoms with E-state index in [-0.39, 0.29) is 18.5 Å². The Morgan fingerprint density at radius 3 is 2.60 bits per heavy atom. The van der Waals surface area contributed by atoms with Crippen LogP contribution in [0, 0.1) is 11.3 Å². The molecule has 1 aliphatic heterocycles. The van der Waals surface area contributed by atoms with Gasteiger partial charge in [0.15, 0.2) is 6.29 Å². The van der Waals surface area contributed by atoms with Gasteiger partial charge in [-0.05, 0) is 74.7 Å². The topological polar surface area (TPSA) is 155 Å². The number of hydrogen-bond acceptors (Lipinski definition) is 10. The van der Waals surface area contributed by atoms with E-state index in [0.29, 0.717) is 18.7 Å². The van der Waals surface area contributed by atoms with Crippen LogP contribution < -0.4 is 10.2 Å². The molecular weight excluding hydrogens is 576 g/mol. The molecule has 2 unspecified atom stereocenters. The van der Waals surface area contributed by atoms with Crippen LogP contribution in [0.4, 0.5) is 5.69 Å². The molecule has 4 atom stereocenters. The fraction of sp³-hybridized carbons (Fsp3) is 0.515. The number of benzene rings is 2. The van der Waals surface area contributed by atoms with Gasteiger partial charge in [0.25, 0.3) is 5.91 Å². The molecule has 3 aromatic rings. The summed E-state index contributed by atoms with van der Waals surface area (Å²) in [6.45, 7) is 7.95. The Morgan fingerprint density at radius 1 is 1.20 bits per heavy atom. The first-order valence-corrected chi connectivity index (χ1v) is 15.0. The lowest BCUT2D eigenvalue weighted by atomic mass is 9.99. The minimum atomic E-state index is -1.08. The molecule has 0 spiro atoms. The first kappa shape index (κ1) is 34.0. The fourth-order valence-corrected chi connectivity index (χ4v) is 5.07. The second-order valence-corrected chi connectivity index (χ2v) is 12.8.